The van der Waals surface area contributed by atoms with E-state index >= 15 is 0 Å². The number of carbonyl (C=O) groups is 1. The zero-order chi connectivity index (χ0) is 14.4. The van der Waals surface area contributed by atoms with Crippen molar-refractivity contribution in [2.24, 2.45) is 0 Å². The second-order valence-electron chi connectivity index (χ2n) is 4.82. The van der Waals surface area contributed by atoms with E-state index in [4.69, 9.17) is 0 Å². The summed E-state index contributed by atoms with van der Waals surface area (Å²) in [6.07, 6.45) is 0.0290. The Bertz CT molecular complexity index is 720. The van der Waals surface area contributed by atoms with Gasteiger partial charge in [0.25, 0.3) is 0 Å². The molecule has 0 spiro atoms. The van der Waals surface area contributed by atoms with Gasteiger partial charge >= 0.3 is 0 Å². The standard InChI is InChI=1S/C15H12O5/c16-7-4-10-9(12(18)5-7)6-13(19)14(10)8-2-1-3-11(17)15(8)20/h1-5,14,16-18,20H,6H2. The molecule has 0 amide bonds. The summed E-state index contributed by atoms with van der Waals surface area (Å²) in [6, 6.07) is 6.95. The number of phenols is 4. The van der Waals surface area contributed by atoms with Gasteiger partial charge in [-0.2, -0.15) is 0 Å². The molecule has 102 valence electrons. The maximum Gasteiger partial charge on any atom is 0.161 e. The largest absolute Gasteiger partial charge is 0.508 e. The van der Waals surface area contributed by atoms with Crippen molar-refractivity contribution in [1.29, 1.82) is 0 Å². The van der Waals surface area contributed by atoms with Gasteiger partial charge in [0.15, 0.2) is 11.5 Å². The van der Waals surface area contributed by atoms with Crippen molar-refractivity contribution >= 4 is 5.78 Å². The second-order valence-corrected chi connectivity index (χ2v) is 4.82. The zero-order valence-electron chi connectivity index (χ0n) is 10.4. The molecule has 1 aliphatic carbocycles. The van der Waals surface area contributed by atoms with Crippen LogP contribution in [-0.2, 0) is 11.2 Å². The summed E-state index contributed by atoms with van der Waals surface area (Å²) in [7, 11) is 0. The Hall–Kier alpha value is -2.69. The number of hydrogen-bond donors (Lipinski definition) is 4. The third kappa shape index (κ3) is 1.67. The first-order chi connectivity index (χ1) is 9.49. The predicted molar refractivity (Wildman–Crippen MR) is 70.1 cm³/mol. The van der Waals surface area contributed by atoms with Gasteiger partial charge in [-0.3, -0.25) is 4.79 Å². The van der Waals surface area contributed by atoms with Crippen LogP contribution in [0.1, 0.15) is 22.6 Å². The lowest BCUT2D eigenvalue weighted by molar-refractivity contribution is -0.118. The van der Waals surface area contributed by atoms with Gasteiger partial charge in [-0.05, 0) is 17.7 Å². The van der Waals surface area contributed by atoms with Crippen molar-refractivity contribution in [2.45, 2.75) is 12.3 Å². The molecule has 0 bridgehead atoms. The van der Waals surface area contributed by atoms with Gasteiger partial charge in [0, 0.05) is 23.6 Å². The van der Waals surface area contributed by atoms with E-state index < -0.39 is 5.92 Å². The lowest BCUT2D eigenvalue weighted by Gasteiger charge is -2.14. The highest BCUT2D eigenvalue weighted by Crippen LogP contribution is 2.45. The average molecular weight is 272 g/mol. The van der Waals surface area contributed by atoms with Crippen LogP contribution in [0, 0.1) is 0 Å². The van der Waals surface area contributed by atoms with Crippen molar-refractivity contribution in [3.8, 4) is 23.0 Å². The lowest BCUT2D eigenvalue weighted by atomic mass is 9.91. The molecule has 1 atom stereocenters. The fourth-order valence-corrected chi connectivity index (χ4v) is 2.69. The van der Waals surface area contributed by atoms with Gasteiger partial charge in [-0.1, -0.05) is 12.1 Å². The summed E-state index contributed by atoms with van der Waals surface area (Å²) >= 11 is 0. The quantitative estimate of drug-likeness (QED) is 0.593. The van der Waals surface area contributed by atoms with E-state index in [0.717, 1.165) is 0 Å². The van der Waals surface area contributed by atoms with E-state index in [1.165, 1.54) is 30.3 Å². The Balaban J connectivity index is 2.22. The number of phenolic OH excluding ortho intramolecular Hbond substituents is 4. The molecule has 20 heavy (non-hydrogen) atoms. The number of benzene rings is 2. The minimum absolute atomic E-state index is 0.0290. The first kappa shape index (κ1) is 12.3. The number of rotatable bonds is 1. The summed E-state index contributed by atoms with van der Waals surface area (Å²) in [5.74, 6) is -1.97. The normalized spacial score (nSPS) is 17.2. The molecule has 3 rings (SSSR count). The molecule has 0 saturated carbocycles. The molecule has 2 aromatic carbocycles. The van der Waals surface area contributed by atoms with Crippen LogP contribution in [0.2, 0.25) is 0 Å². The van der Waals surface area contributed by atoms with Crippen LogP contribution >= 0.6 is 0 Å². The summed E-state index contributed by atoms with van der Waals surface area (Å²) in [4.78, 5) is 12.2. The maximum atomic E-state index is 12.2. The fraction of sp³-hybridized carbons (Fsp3) is 0.133. The number of para-hydroxylation sites is 1. The third-order valence-electron chi connectivity index (χ3n) is 3.59. The minimum Gasteiger partial charge on any atom is -0.508 e. The van der Waals surface area contributed by atoms with Crippen LogP contribution in [0.3, 0.4) is 0 Å². The third-order valence-corrected chi connectivity index (χ3v) is 3.59. The molecule has 0 saturated heterocycles. The Morgan fingerprint density at radius 2 is 1.70 bits per heavy atom. The van der Waals surface area contributed by atoms with E-state index in [9.17, 15) is 25.2 Å². The van der Waals surface area contributed by atoms with E-state index in [0.29, 0.717) is 11.1 Å². The summed E-state index contributed by atoms with van der Waals surface area (Å²) < 4.78 is 0. The second kappa shape index (κ2) is 4.16. The van der Waals surface area contributed by atoms with Gasteiger partial charge in [0.1, 0.15) is 17.3 Å². The molecule has 0 aliphatic heterocycles. The number of carbonyl (C=O) groups excluding carboxylic acids is 1. The van der Waals surface area contributed by atoms with E-state index in [-0.39, 0.29) is 40.8 Å². The van der Waals surface area contributed by atoms with Crippen LogP contribution in [0.25, 0.3) is 0 Å². The molecule has 1 unspecified atom stereocenters. The van der Waals surface area contributed by atoms with Gasteiger partial charge in [0.05, 0.1) is 5.92 Å². The molecular formula is C15H12O5. The van der Waals surface area contributed by atoms with E-state index in [1.54, 1.807) is 0 Å². The lowest BCUT2D eigenvalue weighted by Crippen LogP contribution is -2.08. The molecule has 0 heterocycles. The fourth-order valence-electron chi connectivity index (χ4n) is 2.69. The summed E-state index contributed by atoms with van der Waals surface area (Å²) in [5.41, 5.74) is 1.16. The van der Waals surface area contributed by atoms with Crippen LogP contribution in [0.15, 0.2) is 30.3 Å². The molecule has 5 nitrogen and oxygen atoms in total. The number of hydrogen-bond acceptors (Lipinski definition) is 5. The van der Waals surface area contributed by atoms with E-state index in [1.807, 2.05) is 0 Å². The topological polar surface area (TPSA) is 98.0 Å². The highest BCUT2D eigenvalue weighted by Gasteiger charge is 2.36. The maximum absolute atomic E-state index is 12.2. The molecular weight excluding hydrogens is 260 g/mol. The highest BCUT2D eigenvalue weighted by atomic mass is 16.3. The average Bonchev–Trinajstić information content (AvgIpc) is 2.70. The van der Waals surface area contributed by atoms with Crippen molar-refractivity contribution < 1.29 is 25.2 Å². The number of ketones is 1. The molecule has 0 radical (unpaired) electrons. The van der Waals surface area contributed by atoms with Gasteiger partial charge in [-0.25, -0.2) is 0 Å². The van der Waals surface area contributed by atoms with Gasteiger partial charge < -0.3 is 20.4 Å². The number of fused-ring (bicyclic) bond motifs is 1. The molecule has 0 fully saturated rings. The highest BCUT2D eigenvalue weighted by molar-refractivity contribution is 5.97. The Kier molecular flexibility index (Phi) is 2.57. The van der Waals surface area contributed by atoms with Gasteiger partial charge in [-0.15, -0.1) is 0 Å². The Morgan fingerprint density at radius 1 is 0.950 bits per heavy atom. The number of Topliss-reactive ketones (excluding diaryl/α,β-unsaturated/α-hetero) is 1. The summed E-state index contributed by atoms with van der Waals surface area (Å²) in [6.45, 7) is 0. The van der Waals surface area contributed by atoms with Crippen LogP contribution < -0.4 is 0 Å². The minimum atomic E-state index is -0.796. The van der Waals surface area contributed by atoms with Crippen molar-refractivity contribution in [2.75, 3.05) is 0 Å². The molecule has 0 aromatic heterocycles. The van der Waals surface area contributed by atoms with Crippen molar-refractivity contribution in [3.05, 3.63) is 47.0 Å². The van der Waals surface area contributed by atoms with Gasteiger partial charge in [0.2, 0.25) is 0 Å². The van der Waals surface area contributed by atoms with Crippen molar-refractivity contribution in [3.63, 3.8) is 0 Å². The Labute approximate surface area is 114 Å². The summed E-state index contributed by atoms with van der Waals surface area (Å²) in [5, 5.41) is 38.8. The smallest absolute Gasteiger partial charge is 0.161 e. The van der Waals surface area contributed by atoms with Crippen LogP contribution in [-0.4, -0.2) is 26.2 Å². The molecule has 1 aliphatic rings. The Morgan fingerprint density at radius 3 is 2.45 bits per heavy atom. The zero-order valence-corrected chi connectivity index (χ0v) is 10.4. The molecule has 5 heteroatoms. The first-order valence-electron chi connectivity index (χ1n) is 6.07. The van der Waals surface area contributed by atoms with Crippen molar-refractivity contribution in [1.82, 2.24) is 0 Å². The first-order valence-corrected chi connectivity index (χ1v) is 6.07. The van der Waals surface area contributed by atoms with Crippen LogP contribution in [0.4, 0.5) is 0 Å². The van der Waals surface area contributed by atoms with Crippen LogP contribution in [0.5, 0.6) is 23.0 Å². The molecule has 4 N–H and O–H groups in total. The number of aromatic hydroxyl groups is 4. The molecule has 2 aromatic rings. The monoisotopic (exact) mass is 272 g/mol. The predicted octanol–water partition coefficient (Wildman–Crippen LogP) is 1.77. The van der Waals surface area contributed by atoms with E-state index in [2.05, 4.69) is 0 Å². The SMILES string of the molecule is O=C1Cc2c(O)cc(O)cc2C1c1cccc(O)c1O.